The first-order valence-electron chi connectivity index (χ1n) is 5.53. The Morgan fingerprint density at radius 1 is 1.33 bits per heavy atom. The normalized spacial score (nSPS) is 10.9. The van der Waals surface area contributed by atoms with Crippen LogP contribution in [0.25, 0.3) is 10.9 Å². The monoisotopic (exact) mass is 241 g/mol. The Bertz CT molecular complexity index is 712. The minimum Gasteiger partial charge on any atom is -0.340 e. The van der Waals surface area contributed by atoms with Gasteiger partial charge in [0.2, 0.25) is 0 Å². The number of aryl methyl sites for hydroxylation is 1. The van der Waals surface area contributed by atoms with E-state index in [9.17, 15) is 4.79 Å². The van der Waals surface area contributed by atoms with E-state index in [1.54, 1.807) is 13.1 Å². The van der Waals surface area contributed by atoms with E-state index >= 15 is 0 Å². The molecule has 0 aliphatic heterocycles. The van der Waals surface area contributed by atoms with Crippen LogP contribution < -0.4 is 0 Å². The van der Waals surface area contributed by atoms with Crippen molar-refractivity contribution in [2.75, 3.05) is 0 Å². The van der Waals surface area contributed by atoms with Gasteiger partial charge in [-0.2, -0.15) is 4.80 Å². The lowest BCUT2D eigenvalue weighted by Crippen LogP contribution is -2.01. The van der Waals surface area contributed by atoms with Crippen LogP contribution in [-0.4, -0.2) is 31.1 Å². The number of rotatable bonds is 3. The summed E-state index contributed by atoms with van der Waals surface area (Å²) < 4.78 is 2.03. The molecule has 0 aliphatic rings. The first-order valence-corrected chi connectivity index (χ1v) is 5.53. The van der Waals surface area contributed by atoms with Crippen molar-refractivity contribution in [3.63, 3.8) is 0 Å². The Kier molecular flexibility index (Phi) is 2.40. The van der Waals surface area contributed by atoms with Gasteiger partial charge in [0.1, 0.15) is 6.29 Å². The van der Waals surface area contributed by atoms with Crippen LogP contribution in [0.1, 0.15) is 16.2 Å². The van der Waals surface area contributed by atoms with Crippen LogP contribution in [0.3, 0.4) is 0 Å². The minimum absolute atomic E-state index is 0.567. The molecule has 6 nitrogen and oxygen atoms in total. The molecule has 2 heterocycles. The van der Waals surface area contributed by atoms with Crippen molar-refractivity contribution in [2.24, 2.45) is 7.05 Å². The Morgan fingerprint density at radius 2 is 2.22 bits per heavy atom. The fraction of sp³-hybridized carbons (Fsp3) is 0.167. The number of hydrogen-bond acceptors (Lipinski definition) is 4. The molecule has 3 aromatic rings. The van der Waals surface area contributed by atoms with Gasteiger partial charge in [0.05, 0.1) is 13.6 Å². The van der Waals surface area contributed by atoms with Crippen LogP contribution in [0.2, 0.25) is 0 Å². The maximum atomic E-state index is 10.7. The lowest BCUT2D eigenvalue weighted by Gasteiger charge is -2.01. The number of nitrogens with zero attached hydrogens (tertiary/aromatic N) is 5. The van der Waals surface area contributed by atoms with E-state index in [0.29, 0.717) is 17.9 Å². The molecule has 0 radical (unpaired) electrons. The molecule has 0 saturated heterocycles. The first kappa shape index (κ1) is 10.6. The molecular weight excluding hydrogens is 230 g/mol. The number of carbonyl (C=O) groups excluding carboxylic acids is 1. The van der Waals surface area contributed by atoms with Crippen molar-refractivity contribution >= 4 is 17.2 Å². The molecule has 0 fully saturated rings. The Morgan fingerprint density at radius 3 is 2.94 bits per heavy atom. The highest BCUT2D eigenvalue weighted by atomic mass is 16.1. The lowest BCUT2D eigenvalue weighted by molar-refractivity contribution is 0.112. The third-order valence-electron chi connectivity index (χ3n) is 2.79. The largest absolute Gasteiger partial charge is 0.340 e. The number of aromatic nitrogens is 5. The summed E-state index contributed by atoms with van der Waals surface area (Å²) in [6.07, 6.45) is 2.80. The number of tetrazole rings is 1. The van der Waals surface area contributed by atoms with Crippen LogP contribution in [0, 0.1) is 0 Å². The van der Waals surface area contributed by atoms with Gasteiger partial charge in [0.25, 0.3) is 0 Å². The van der Waals surface area contributed by atoms with E-state index in [-0.39, 0.29) is 0 Å². The predicted molar refractivity (Wildman–Crippen MR) is 65.2 cm³/mol. The van der Waals surface area contributed by atoms with Crippen LogP contribution in [0.15, 0.2) is 30.5 Å². The van der Waals surface area contributed by atoms with Crippen LogP contribution in [0.4, 0.5) is 0 Å². The summed E-state index contributed by atoms with van der Waals surface area (Å²) in [7, 11) is 1.74. The molecular formula is C12H11N5O. The van der Waals surface area contributed by atoms with E-state index in [0.717, 1.165) is 17.2 Å². The molecule has 0 unspecified atom stereocenters. The second-order valence-corrected chi connectivity index (χ2v) is 4.07. The standard InChI is InChI=1S/C12H11N5O/c1-16-14-12(13-15-16)7-17-5-4-10-6-9(8-18)2-3-11(10)17/h2-6,8H,7H2,1H3. The average Bonchev–Trinajstić information content (AvgIpc) is 2.96. The van der Waals surface area contributed by atoms with Crippen molar-refractivity contribution in [1.82, 2.24) is 24.8 Å². The molecule has 0 spiro atoms. The van der Waals surface area contributed by atoms with Crippen molar-refractivity contribution in [1.29, 1.82) is 0 Å². The molecule has 18 heavy (non-hydrogen) atoms. The molecule has 0 bridgehead atoms. The van der Waals surface area contributed by atoms with Crippen molar-refractivity contribution < 1.29 is 4.79 Å². The van der Waals surface area contributed by atoms with Crippen molar-refractivity contribution in [2.45, 2.75) is 6.54 Å². The zero-order valence-electron chi connectivity index (χ0n) is 9.82. The molecule has 0 saturated carbocycles. The molecule has 1 aromatic carbocycles. The molecule has 0 N–H and O–H groups in total. The predicted octanol–water partition coefficient (Wildman–Crippen LogP) is 1.03. The Hall–Kier alpha value is -2.50. The molecule has 0 amide bonds. The molecule has 3 rings (SSSR count). The second kappa shape index (κ2) is 4.06. The van der Waals surface area contributed by atoms with Gasteiger partial charge in [-0.3, -0.25) is 4.79 Å². The van der Waals surface area contributed by atoms with Gasteiger partial charge in [0.15, 0.2) is 5.82 Å². The topological polar surface area (TPSA) is 65.6 Å². The number of aldehydes is 1. The molecule has 6 heteroatoms. The highest BCUT2D eigenvalue weighted by Gasteiger charge is 2.05. The smallest absolute Gasteiger partial charge is 0.194 e. The summed E-state index contributed by atoms with van der Waals surface area (Å²) in [4.78, 5) is 12.1. The molecule has 0 aliphatic carbocycles. The lowest BCUT2D eigenvalue weighted by atomic mass is 10.2. The van der Waals surface area contributed by atoms with E-state index in [4.69, 9.17) is 0 Å². The van der Waals surface area contributed by atoms with Crippen LogP contribution in [-0.2, 0) is 13.6 Å². The van der Waals surface area contributed by atoms with E-state index in [1.165, 1.54) is 4.80 Å². The average molecular weight is 241 g/mol. The van der Waals surface area contributed by atoms with Gasteiger partial charge in [-0.25, -0.2) is 0 Å². The summed E-state index contributed by atoms with van der Waals surface area (Å²) in [6, 6.07) is 7.56. The zero-order chi connectivity index (χ0) is 12.5. The Balaban J connectivity index is 2.00. The van der Waals surface area contributed by atoms with Crippen molar-refractivity contribution in [3.05, 3.63) is 41.9 Å². The molecule has 0 atom stereocenters. The highest BCUT2D eigenvalue weighted by Crippen LogP contribution is 2.17. The van der Waals surface area contributed by atoms with Crippen molar-refractivity contribution in [3.8, 4) is 0 Å². The highest BCUT2D eigenvalue weighted by molar-refractivity contribution is 5.87. The number of fused-ring (bicyclic) bond motifs is 1. The third-order valence-corrected chi connectivity index (χ3v) is 2.79. The molecule has 2 aromatic heterocycles. The number of benzene rings is 1. The van der Waals surface area contributed by atoms with Gasteiger partial charge in [-0.1, -0.05) is 0 Å². The summed E-state index contributed by atoms with van der Waals surface area (Å²) in [5, 5.41) is 12.9. The van der Waals surface area contributed by atoms with Gasteiger partial charge >= 0.3 is 0 Å². The maximum absolute atomic E-state index is 10.7. The first-order chi connectivity index (χ1) is 8.76. The van der Waals surface area contributed by atoms with Gasteiger partial charge < -0.3 is 4.57 Å². The van der Waals surface area contributed by atoms with E-state index < -0.39 is 0 Å². The van der Waals surface area contributed by atoms with Gasteiger partial charge in [0, 0.05) is 22.7 Å². The zero-order valence-corrected chi connectivity index (χ0v) is 9.82. The van der Waals surface area contributed by atoms with Crippen LogP contribution >= 0.6 is 0 Å². The fourth-order valence-corrected chi connectivity index (χ4v) is 1.97. The number of carbonyl (C=O) groups is 1. The third kappa shape index (κ3) is 1.77. The molecule has 90 valence electrons. The van der Waals surface area contributed by atoms with Gasteiger partial charge in [-0.05, 0) is 29.5 Å². The van der Waals surface area contributed by atoms with E-state index in [2.05, 4.69) is 15.4 Å². The summed E-state index contributed by atoms with van der Waals surface area (Å²) in [6.45, 7) is 0.567. The van der Waals surface area contributed by atoms with Crippen LogP contribution in [0.5, 0.6) is 0 Å². The fourth-order valence-electron chi connectivity index (χ4n) is 1.97. The Labute approximate surface area is 103 Å². The number of hydrogen-bond donors (Lipinski definition) is 0. The second-order valence-electron chi connectivity index (χ2n) is 4.07. The summed E-state index contributed by atoms with van der Waals surface area (Å²) >= 11 is 0. The SMILES string of the molecule is Cn1nnc(Cn2ccc3cc(C=O)ccc32)n1. The van der Waals surface area contributed by atoms with Gasteiger partial charge in [-0.15, -0.1) is 10.2 Å². The maximum Gasteiger partial charge on any atom is 0.194 e. The van der Waals surface area contributed by atoms with E-state index in [1.807, 2.05) is 29.0 Å². The quantitative estimate of drug-likeness (QED) is 0.642. The summed E-state index contributed by atoms with van der Waals surface area (Å²) in [5.41, 5.74) is 1.73. The minimum atomic E-state index is 0.567. The summed E-state index contributed by atoms with van der Waals surface area (Å²) in [5.74, 6) is 0.662.